The van der Waals surface area contributed by atoms with Crippen molar-refractivity contribution in [3.63, 3.8) is 0 Å². The molecule has 1 aliphatic carbocycles. The van der Waals surface area contributed by atoms with Gasteiger partial charge in [0.1, 0.15) is 17.3 Å². The van der Waals surface area contributed by atoms with Gasteiger partial charge in [-0.3, -0.25) is 0 Å². The highest BCUT2D eigenvalue weighted by Crippen LogP contribution is 2.46. The van der Waals surface area contributed by atoms with Crippen molar-refractivity contribution in [1.29, 1.82) is 0 Å². The lowest BCUT2D eigenvalue weighted by atomic mass is 10.00. The summed E-state index contributed by atoms with van der Waals surface area (Å²) in [5.41, 5.74) is 4.67. The Balaban J connectivity index is 1.09. The number of hydrogen-bond acceptors (Lipinski definition) is 7. The van der Waals surface area contributed by atoms with Crippen LogP contribution >= 0.6 is 11.3 Å². The van der Waals surface area contributed by atoms with E-state index in [0.29, 0.717) is 30.2 Å². The third kappa shape index (κ3) is 4.18. The first-order chi connectivity index (χ1) is 18.4. The number of nitrogens with zero attached hydrogens (tertiary/aromatic N) is 3. The van der Waals surface area contributed by atoms with Gasteiger partial charge in [0.2, 0.25) is 0 Å². The van der Waals surface area contributed by atoms with Gasteiger partial charge >= 0.3 is 5.97 Å². The number of rotatable bonds is 7. The van der Waals surface area contributed by atoms with E-state index in [1.807, 2.05) is 6.92 Å². The lowest BCUT2D eigenvalue weighted by molar-refractivity contribution is 0.0147. The molecule has 2 saturated heterocycles. The molecule has 2 unspecified atom stereocenters. The Morgan fingerprint density at radius 3 is 2.58 bits per heavy atom. The molecule has 1 N–H and O–H groups in total. The molecule has 3 atom stereocenters. The molecule has 0 spiro atoms. The highest BCUT2D eigenvalue weighted by molar-refractivity contribution is 7.22. The molecule has 9 heteroatoms. The number of anilines is 1. The van der Waals surface area contributed by atoms with E-state index in [0.717, 1.165) is 82.0 Å². The number of aromatic carboxylic acids is 1. The van der Waals surface area contributed by atoms with Crippen LogP contribution in [0.5, 0.6) is 0 Å². The quantitative estimate of drug-likeness (QED) is 0.283. The number of fused-ring (bicyclic) bond motifs is 3. The number of carbonyl (C=O) groups is 1. The molecule has 3 aliphatic rings. The summed E-state index contributed by atoms with van der Waals surface area (Å²) in [6.45, 7) is 2.36. The zero-order valence-electron chi connectivity index (χ0n) is 21.0. The molecule has 0 amide bonds. The number of benzene rings is 2. The largest absolute Gasteiger partial charge is 0.478 e. The Kier molecular flexibility index (Phi) is 5.74. The van der Waals surface area contributed by atoms with Crippen molar-refractivity contribution >= 4 is 32.7 Å². The van der Waals surface area contributed by atoms with Gasteiger partial charge < -0.3 is 19.3 Å². The average Bonchev–Trinajstić information content (AvgIpc) is 3.41. The van der Waals surface area contributed by atoms with Crippen LogP contribution in [0.15, 0.2) is 40.9 Å². The smallest absolute Gasteiger partial charge is 0.335 e. The Labute approximate surface area is 223 Å². The number of aryl methyl sites for hydroxylation is 1. The van der Waals surface area contributed by atoms with Crippen LogP contribution < -0.4 is 4.90 Å². The summed E-state index contributed by atoms with van der Waals surface area (Å²) < 4.78 is 26.7. The van der Waals surface area contributed by atoms with Gasteiger partial charge in [0.05, 0.1) is 28.5 Å². The summed E-state index contributed by atoms with van der Waals surface area (Å²) in [5, 5.41) is 14.8. The van der Waals surface area contributed by atoms with Crippen molar-refractivity contribution < 1.29 is 23.6 Å². The van der Waals surface area contributed by atoms with Gasteiger partial charge in [-0.15, -0.1) is 0 Å². The number of piperidine rings is 1. The van der Waals surface area contributed by atoms with E-state index < -0.39 is 5.97 Å². The van der Waals surface area contributed by atoms with Gasteiger partial charge in [0.15, 0.2) is 5.13 Å². The van der Waals surface area contributed by atoms with Crippen LogP contribution in [0, 0.1) is 12.7 Å². The third-order valence-corrected chi connectivity index (χ3v) is 9.20. The van der Waals surface area contributed by atoms with Crippen LogP contribution in [0.25, 0.3) is 21.5 Å². The molecule has 7 rings (SSSR count). The summed E-state index contributed by atoms with van der Waals surface area (Å²) in [5.74, 6) is 0.126. The third-order valence-electron chi connectivity index (χ3n) is 8.18. The van der Waals surface area contributed by atoms with Crippen molar-refractivity contribution in [1.82, 2.24) is 10.1 Å². The molecule has 2 bridgehead atoms. The van der Waals surface area contributed by atoms with E-state index in [1.54, 1.807) is 35.6 Å². The highest BCUT2D eigenvalue weighted by Gasteiger charge is 2.43. The molecule has 4 heterocycles. The number of carboxylic acids is 1. The molecule has 38 heavy (non-hydrogen) atoms. The van der Waals surface area contributed by atoms with Crippen molar-refractivity contribution in [2.75, 3.05) is 4.90 Å². The van der Waals surface area contributed by atoms with Crippen molar-refractivity contribution in [3.8, 4) is 11.3 Å². The molecular formula is C29H28FN3O4S. The molecule has 4 aromatic rings. The predicted molar refractivity (Wildman–Crippen MR) is 142 cm³/mol. The Hall–Kier alpha value is -3.30. The maximum Gasteiger partial charge on any atom is 0.335 e. The number of halogens is 1. The van der Waals surface area contributed by atoms with Crippen LogP contribution in [0.1, 0.15) is 71.7 Å². The molecule has 2 aliphatic heterocycles. The molecule has 2 aromatic heterocycles. The van der Waals surface area contributed by atoms with E-state index in [9.17, 15) is 14.3 Å². The standard InChI is InChI=1S/C29H28FN3O4S/c1-15-10-18(28(34)35)11-24-25(15)31-29(38-24)33-20-8-9-21(33)13-22(12-20)36-14-23-26(16-4-6-19(30)7-5-16)32-37-27(23)17-2-3-17/h4-7,10-11,17,20-22H,2-3,8-9,12-14H2,1H3,(H,34,35)/t20-,21?,22?/m0/s1. The van der Waals surface area contributed by atoms with Gasteiger partial charge in [0, 0.05) is 29.1 Å². The molecule has 2 aromatic carbocycles. The second-order valence-electron chi connectivity index (χ2n) is 10.8. The normalized spacial score (nSPS) is 22.9. The maximum atomic E-state index is 13.5. The lowest BCUT2D eigenvalue weighted by Gasteiger charge is -2.38. The molecule has 1 saturated carbocycles. The van der Waals surface area contributed by atoms with Crippen molar-refractivity contribution in [2.24, 2.45) is 0 Å². The van der Waals surface area contributed by atoms with Crippen molar-refractivity contribution in [3.05, 3.63) is 64.7 Å². The van der Waals surface area contributed by atoms with E-state index in [2.05, 4.69) is 10.1 Å². The highest BCUT2D eigenvalue weighted by atomic mass is 32.1. The number of thiazole rings is 1. The summed E-state index contributed by atoms with van der Waals surface area (Å²) in [7, 11) is 0. The maximum absolute atomic E-state index is 13.5. The Bertz CT molecular complexity index is 1510. The zero-order valence-corrected chi connectivity index (χ0v) is 21.8. The number of ether oxygens (including phenoxy) is 1. The van der Waals surface area contributed by atoms with Gasteiger partial charge in [-0.2, -0.15) is 0 Å². The SMILES string of the molecule is Cc1cc(C(=O)O)cc2sc(N3C4CC[C@H]3CC(OCc3c(-c5ccc(F)cc5)noc3C3CC3)C4)nc12. The number of hydrogen-bond donors (Lipinski definition) is 1. The fourth-order valence-corrected chi connectivity index (χ4v) is 7.38. The molecule has 7 nitrogen and oxygen atoms in total. The molecule has 0 radical (unpaired) electrons. The minimum atomic E-state index is -0.914. The summed E-state index contributed by atoms with van der Waals surface area (Å²) >= 11 is 1.59. The first-order valence-corrected chi connectivity index (χ1v) is 14.0. The fraction of sp³-hybridized carbons (Fsp3) is 0.414. The monoisotopic (exact) mass is 533 g/mol. The second kappa shape index (κ2) is 9.17. The number of carboxylic acid groups (broad SMARTS) is 1. The number of aromatic nitrogens is 2. The van der Waals surface area contributed by atoms with Crippen LogP contribution in [0.3, 0.4) is 0 Å². The average molecular weight is 534 g/mol. The van der Waals surface area contributed by atoms with Gasteiger partial charge in [-0.25, -0.2) is 14.2 Å². The summed E-state index contributed by atoms with van der Waals surface area (Å²) in [6.07, 6.45) is 6.36. The Morgan fingerprint density at radius 2 is 1.89 bits per heavy atom. The van der Waals surface area contributed by atoms with E-state index in [-0.39, 0.29) is 11.9 Å². The zero-order chi connectivity index (χ0) is 26.0. The van der Waals surface area contributed by atoms with Crippen LogP contribution in [-0.4, -0.2) is 39.4 Å². The van der Waals surface area contributed by atoms with Crippen LogP contribution in [0.4, 0.5) is 9.52 Å². The fourth-order valence-electron chi connectivity index (χ4n) is 6.16. The molecular weight excluding hydrogens is 505 g/mol. The summed E-state index contributed by atoms with van der Waals surface area (Å²) in [4.78, 5) is 18.9. The summed E-state index contributed by atoms with van der Waals surface area (Å²) in [6, 6.07) is 10.5. The van der Waals surface area contributed by atoms with Crippen LogP contribution in [-0.2, 0) is 11.3 Å². The first kappa shape index (κ1) is 23.8. The van der Waals surface area contributed by atoms with E-state index in [1.165, 1.54) is 12.1 Å². The Morgan fingerprint density at radius 1 is 1.16 bits per heavy atom. The predicted octanol–water partition coefficient (Wildman–Crippen LogP) is 6.69. The van der Waals surface area contributed by atoms with Gasteiger partial charge in [-0.1, -0.05) is 16.5 Å². The van der Waals surface area contributed by atoms with Gasteiger partial charge in [-0.05, 0) is 87.4 Å². The van der Waals surface area contributed by atoms with E-state index >= 15 is 0 Å². The van der Waals surface area contributed by atoms with E-state index in [4.69, 9.17) is 14.2 Å². The molecule has 3 fully saturated rings. The van der Waals surface area contributed by atoms with Crippen molar-refractivity contribution in [2.45, 2.75) is 76.2 Å². The second-order valence-corrected chi connectivity index (χ2v) is 11.8. The van der Waals surface area contributed by atoms with Crippen LogP contribution in [0.2, 0.25) is 0 Å². The minimum absolute atomic E-state index is 0.126. The lowest BCUT2D eigenvalue weighted by Crippen LogP contribution is -2.45. The minimum Gasteiger partial charge on any atom is -0.478 e. The van der Waals surface area contributed by atoms with Gasteiger partial charge in [0.25, 0.3) is 0 Å². The first-order valence-electron chi connectivity index (χ1n) is 13.2. The topological polar surface area (TPSA) is 88.7 Å². The molecule has 196 valence electrons.